The molecule has 0 atom stereocenters. The largest absolute Gasteiger partial charge is 0.445 e. The molecular weight excluding hydrogens is 214 g/mol. The number of rotatable bonds is 5. The van der Waals surface area contributed by atoms with Crippen LogP contribution in [0, 0.1) is 5.92 Å². The highest BCUT2D eigenvalue weighted by Crippen LogP contribution is 2.14. The van der Waals surface area contributed by atoms with Gasteiger partial charge < -0.3 is 4.74 Å². The van der Waals surface area contributed by atoms with Crippen molar-refractivity contribution in [2.24, 2.45) is 5.92 Å². The summed E-state index contributed by atoms with van der Waals surface area (Å²) in [4.78, 5) is 11.3. The standard InChI is InChI=1S/C14H19NO2/c1-4-8-17-14(16)15-13-7-5-6-12(10-13)9-11(2)3/h4-7,10-11H,1,8-9H2,2-3H3,(H,15,16). The van der Waals surface area contributed by atoms with Crippen LogP contribution >= 0.6 is 0 Å². The van der Waals surface area contributed by atoms with Gasteiger partial charge in [0.15, 0.2) is 0 Å². The van der Waals surface area contributed by atoms with Crippen LogP contribution in [0.5, 0.6) is 0 Å². The molecule has 0 saturated heterocycles. The summed E-state index contributed by atoms with van der Waals surface area (Å²) in [6.07, 6.45) is 2.08. The molecular formula is C14H19NO2. The molecule has 1 rings (SSSR count). The molecule has 3 nitrogen and oxygen atoms in total. The summed E-state index contributed by atoms with van der Waals surface area (Å²) >= 11 is 0. The van der Waals surface area contributed by atoms with Gasteiger partial charge in [-0.25, -0.2) is 4.79 Å². The Balaban J connectivity index is 2.58. The van der Waals surface area contributed by atoms with E-state index in [-0.39, 0.29) is 6.61 Å². The lowest BCUT2D eigenvalue weighted by molar-refractivity contribution is 0.174. The molecule has 1 aromatic carbocycles. The lowest BCUT2D eigenvalue weighted by Gasteiger charge is -2.08. The molecule has 0 aliphatic carbocycles. The van der Waals surface area contributed by atoms with E-state index in [0.29, 0.717) is 5.92 Å². The Kier molecular flexibility index (Phi) is 5.27. The second kappa shape index (κ2) is 6.74. The van der Waals surface area contributed by atoms with Gasteiger partial charge in [0.2, 0.25) is 0 Å². The Morgan fingerprint density at radius 2 is 2.29 bits per heavy atom. The van der Waals surface area contributed by atoms with Gasteiger partial charge in [-0.3, -0.25) is 5.32 Å². The van der Waals surface area contributed by atoms with Crippen molar-refractivity contribution in [3.05, 3.63) is 42.5 Å². The number of anilines is 1. The minimum Gasteiger partial charge on any atom is -0.445 e. The molecule has 0 aliphatic heterocycles. The highest BCUT2D eigenvalue weighted by Gasteiger charge is 2.03. The maximum atomic E-state index is 11.3. The zero-order chi connectivity index (χ0) is 12.7. The number of carbonyl (C=O) groups is 1. The summed E-state index contributed by atoms with van der Waals surface area (Å²) in [7, 11) is 0. The zero-order valence-electron chi connectivity index (χ0n) is 10.4. The number of nitrogens with one attached hydrogen (secondary N) is 1. The van der Waals surface area contributed by atoms with Gasteiger partial charge in [0.05, 0.1) is 0 Å². The lowest BCUT2D eigenvalue weighted by Crippen LogP contribution is -2.13. The molecule has 3 heteroatoms. The highest BCUT2D eigenvalue weighted by molar-refractivity contribution is 5.84. The van der Waals surface area contributed by atoms with Crippen molar-refractivity contribution in [1.82, 2.24) is 0 Å². The molecule has 0 fully saturated rings. The van der Waals surface area contributed by atoms with Gasteiger partial charge in [-0.2, -0.15) is 0 Å². The van der Waals surface area contributed by atoms with Gasteiger partial charge >= 0.3 is 6.09 Å². The van der Waals surface area contributed by atoms with E-state index in [0.717, 1.165) is 12.1 Å². The Labute approximate surface area is 102 Å². The molecule has 17 heavy (non-hydrogen) atoms. The number of hydrogen-bond acceptors (Lipinski definition) is 2. The minimum atomic E-state index is -0.452. The highest BCUT2D eigenvalue weighted by atomic mass is 16.5. The third-order valence-corrected chi connectivity index (χ3v) is 2.15. The summed E-state index contributed by atoms with van der Waals surface area (Å²) in [5.41, 5.74) is 1.97. The fourth-order valence-electron chi connectivity index (χ4n) is 1.54. The van der Waals surface area contributed by atoms with Crippen LogP contribution < -0.4 is 5.32 Å². The number of benzene rings is 1. The Hall–Kier alpha value is -1.77. The topological polar surface area (TPSA) is 38.3 Å². The molecule has 1 N–H and O–H groups in total. The van der Waals surface area contributed by atoms with Crippen molar-refractivity contribution >= 4 is 11.8 Å². The molecule has 92 valence electrons. The van der Waals surface area contributed by atoms with Crippen LogP contribution in [0.3, 0.4) is 0 Å². The maximum absolute atomic E-state index is 11.3. The first-order valence-electron chi connectivity index (χ1n) is 5.75. The van der Waals surface area contributed by atoms with Gasteiger partial charge in [-0.05, 0) is 30.0 Å². The molecule has 1 aromatic rings. The van der Waals surface area contributed by atoms with Crippen LogP contribution in [0.2, 0.25) is 0 Å². The van der Waals surface area contributed by atoms with Crippen molar-refractivity contribution < 1.29 is 9.53 Å². The van der Waals surface area contributed by atoms with E-state index in [1.807, 2.05) is 18.2 Å². The average molecular weight is 233 g/mol. The van der Waals surface area contributed by atoms with Crippen molar-refractivity contribution in [3.8, 4) is 0 Å². The quantitative estimate of drug-likeness (QED) is 0.789. The summed E-state index contributed by atoms with van der Waals surface area (Å²) < 4.78 is 4.85. The summed E-state index contributed by atoms with van der Waals surface area (Å²) in [5.74, 6) is 0.595. The SMILES string of the molecule is C=CCOC(=O)Nc1cccc(CC(C)C)c1. The van der Waals surface area contributed by atoms with Crippen LogP contribution in [-0.4, -0.2) is 12.7 Å². The average Bonchev–Trinajstić information content (AvgIpc) is 2.26. The number of hydrogen-bond donors (Lipinski definition) is 1. The third kappa shape index (κ3) is 5.20. The third-order valence-electron chi connectivity index (χ3n) is 2.15. The minimum absolute atomic E-state index is 0.220. The van der Waals surface area contributed by atoms with E-state index < -0.39 is 6.09 Å². The van der Waals surface area contributed by atoms with E-state index >= 15 is 0 Å². The van der Waals surface area contributed by atoms with Crippen LogP contribution in [0.15, 0.2) is 36.9 Å². The van der Waals surface area contributed by atoms with Crippen LogP contribution in [0.25, 0.3) is 0 Å². The van der Waals surface area contributed by atoms with Gasteiger partial charge in [0, 0.05) is 5.69 Å². The second-order valence-electron chi connectivity index (χ2n) is 4.31. The van der Waals surface area contributed by atoms with E-state index in [1.165, 1.54) is 11.6 Å². The van der Waals surface area contributed by atoms with Crippen molar-refractivity contribution in [3.63, 3.8) is 0 Å². The normalized spacial score (nSPS) is 10.1. The molecule has 0 heterocycles. The first-order valence-corrected chi connectivity index (χ1v) is 5.75. The Morgan fingerprint density at radius 1 is 1.53 bits per heavy atom. The van der Waals surface area contributed by atoms with E-state index in [4.69, 9.17) is 4.74 Å². The van der Waals surface area contributed by atoms with Crippen LogP contribution in [-0.2, 0) is 11.2 Å². The monoisotopic (exact) mass is 233 g/mol. The van der Waals surface area contributed by atoms with Gasteiger partial charge in [-0.15, -0.1) is 0 Å². The van der Waals surface area contributed by atoms with Gasteiger partial charge in [0.25, 0.3) is 0 Å². The van der Waals surface area contributed by atoms with E-state index in [9.17, 15) is 4.79 Å². The Morgan fingerprint density at radius 3 is 2.94 bits per heavy atom. The molecule has 0 saturated carbocycles. The van der Waals surface area contributed by atoms with Crippen LogP contribution in [0.1, 0.15) is 19.4 Å². The predicted octanol–water partition coefficient (Wildman–Crippen LogP) is 3.62. The first kappa shape index (κ1) is 13.3. The lowest BCUT2D eigenvalue weighted by atomic mass is 10.0. The van der Waals surface area contributed by atoms with Crippen molar-refractivity contribution in [2.45, 2.75) is 20.3 Å². The maximum Gasteiger partial charge on any atom is 0.411 e. The molecule has 0 aliphatic rings. The summed E-state index contributed by atoms with van der Waals surface area (Å²) in [6.45, 7) is 8.03. The molecule has 0 aromatic heterocycles. The molecule has 0 unspecified atom stereocenters. The van der Waals surface area contributed by atoms with Crippen molar-refractivity contribution in [1.29, 1.82) is 0 Å². The number of ether oxygens (including phenoxy) is 1. The molecule has 0 bridgehead atoms. The Bertz CT molecular complexity index is 386. The van der Waals surface area contributed by atoms with Crippen molar-refractivity contribution in [2.75, 3.05) is 11.9 Å². The molecule has 0 spiro atoms. The first-order chi connectivity index (χ1) is 8.11. The zero-order valence-corrected chi connectivity index (χ0v) is 10.4. The summed E-state index contributed by atoms with van der Waals surface area (Å²) in [6, 6.07) is 7.80. The van der Waals surface area contributed by atoms with E-state index in [2.05, 4.69) is 31.8 Å². The second-order valence-corrected chi connectivity index (χ2v) is 4.31. The fourth-order valence-corrected chi connectivity index (χ4v) is 1.54. The smallest absolute Gasteiger partial charge is 0.411 e. The summed E-state index contributed by atoms with van der Waals surface area (Å²) in [5, 5.41) is 2.68. The van der Waals surface area contributed by atoms with Gasteiger partial charge in [-0.1, -0.05) is 38.6 Å². The molecule has 1 amide bonds. The predicted molar refractivity (Wildman–Crippen MR) is 70.2 cm³/mol. The number of carbonyl (C=O) groups excluding carboxylic acids is 1. The molecule has 0 radical (unpaired) electrons. The van der Waals surface area contributed by atoms with Gasteiger partial charge in [0.1, 0.15) is 6.61 Å². The number of amides is 1. The van der Waals surface area contributed by atoms with E-state index in [1.54, 1.807) is 0 Å². The van der Waals surface area contributed by atoms with Crippen LogP contribution in [0.4, 0.5) is 10.5 Å². The fraction of sp³-hybridized carbons (Fsp3) is 0.357.